The van der Waals surface area contributed by atoms with Gasteiger partial charge in [-0.1, -0.05) is 41.9 Å². The molecule has 1 unspecified atom stereocenters. The molecule has 0 radical (unpaired) electrons. The van der Waals surface area contributed by atoms with Gasteiger partial charge in [0, 0.05) is 27.7 Å². The summed E-state index contributed by atoms with van der Waals surface area (Å²) in [6.45, 7) is 3.38. The summed E-state index contributed by atoms with van der Waals surface area (Å²) in [5, 5.41) is 30.6. The largest absolute Gasteiger partial charge is 0.489 e. The van der Waals surface area contributed by atoms with E-state index in [-0.39, 0.29) is 25.5 Å². The zero-order chi connectivity index (χ0) is 24.1. The van der Waals surface area contributed by atoms with Gasteiger partial charge in [-0.2, -0.15) is 0 Å². The van der Waals surface area contributed by atoms with E-state index < -0.39 is 16.1 Å². The average molecular weight is 491 g/mol. The third kappa shape index (κ3) is 5.50. The van der Waals surface area contributed by atoms with Crippen molar-refractivity contribution in [2.24, 2.45) is 0 Å². The Bertz CT molecular complexity index is 1120. The number of hydrogen-bond acceptors (Lipinski definition) is 7. The van der Waals surface area contributed by atoms with Crippen LogP contribution in [-0.4, -0.2) is 38.5 Å². The average Bonchev–Trinajstić information content (AvgIpc) is 2.77. The molecule has 0 saturated heterocycles. The summed E-state index contributed by atoms with van der Waals surface area (Å²) in [5.41, 5.74) is 2.08. The molecule has 8 nitrogen and oxygen atoms in total. The number of aliphatic hydroxyl groups is 1. The molecule has 0 saturated carbocycles. The summed E-state index contributed by atoms with van der Waals surface area (Å²) in [6.07, 6.45) is 0. The fourth-order valence-electron chi connectivity index (χ4n) is 3.85. The number of rotatable bonds is 8. The molecule has 1 atom stereocenters. The molecule has 1 heterocycles. The summed E-state index contributed by atoms with van der Waals surface area (Å²) in [7, 11) is 0. The second-order valence-electron chi connectivity index (χ2n) is 7.31. The Morgan fingerprint density at radius 1 is 1.18 bits per heavy atom. The van der Waals surface area contributed by atoms with E-state index >= 15 is 0 Å². The molecule has 33 heavy (non-hydrogen) atoms. The minimum absolute atomic E-state index is 0.111. The lowest BCUT2D eigenvalue weighted by molar-refractivity contribution is -0.431. The minimum Gasteiger partial charge on any atom is -0.489 e. The van der Waals surface area contributed by atoms with Crippen molar-refractivity contribution in [3.63, 3.8) is 0 Å². The fourth-order valence-corrected chi connectivity index (χ4v) is 4.77. The van der Waals surface area contributed by atoms with Gasteiger partial charge in [0.25, 0.3) is 5.70 Å². The Morgan fingerprint density at radius 3 is 2.45 bits per heavy atom. The zero-order valence-corrected chi connectivity index (χ0v) is 19.6. The van der Waals surface area contributed by atoms with Crippen molar-refractivity contribution in [1.82, 2.24) is 4.90 Å². The highest BCUT2D eigenvalue weighted by Crippen LogP contribution is 2.49. The quantitative estimate of drug-likeness (QED) is 0.370. The first-order valence-electron chi connectivity index (χ1n) is 10.1. The number of halogens is 1. The van der Waals surface area contributed by atoms with Gasteiger partial charge in [0.15, 0.2) is 0 Å². The van der Waals surface area contributed by atoms with Gasteiger partial charge in [-0.3, -0.25) is 10.1 Å². The first-order chi connectivity index (χ1) is 15.7. The van der Waals surface area contributed by atoms with E-state index in [1.165, 1.54) is 0 Å². The third-order valence-corrected chi connectivity index (χ3v) is 6.51. The SMILES string of the molecule is CC1=C(SC(=O)O)C(c2ccccc2OCc2ccc(Cl)cc2)C([N+](=O)[O-])=C(C)N1CCO. The summed E-state index contributed by atoms with van der Waals surface area (Å²) in [6, 6.07) is 14.0. The summed E-state index contributed by atoms with van der Waals surface area (Å²) in [5.74, 6) is -0.533. The normalized spacial score (nSPS) is 16.2. The van der Waals surface area contributed by atoms with E-state index in [9.17, 15) is 25.1 Å². The first-order valence-corrected chi connectivity index (χ1v) is 11.2. The number of thioether (sulfide) groups is 1. The molecule has 0 aliphatic carbocycles. The van der Waals surface area contributed by atoms with E-state index in [1.807, 2.05) is 12.1 Å². The molecule has 10 heteroatoms. The molecule has 0 fully saturated rings. The number of nitro groups is 1. The number of para-hydroxylation sites is 1. The number of ether oxygens (including phenoxy) is 1. The van der Waals surface area contributed by atoms with Crippen LogP contribution in [0, 0.1) is 10.1 Å². The van der Waals surface area contributed by atoms with Gasteiger partial charge in [0.05, 0.1) is 17.2 Å². The lowest BCUT2D eigenvalue weighted by Gasteiger charge is -2.35. The molecule has 0 aromatic heterocycles. The van der Waals surface area contributed by atoms with Gasteiger partial charge in [-0.25, -0.2) is 4.79 Å². The maximum absolute atomic E-state index is 12.2. The van der Waals surface area contributed by atoms with Crippen LogP contribution in [0.4, 0.5) is 4.79 Å². The van der Waals surface area contributed by atoms with E-state index in [4.69, 9.17) is 16.3 Å². The Labute approximate surface area is 200 Å². The zero-order valence-electron chi connectivity index (χ0n) is 18.0. The van der Waals surface area contributed by atoms with Crippen molar-refractivity contribution < 1.29 is 24.7 Å². The van der Waals surface area contributed by atoms with Gasteiger partial charge < -0.3 is 19.8 Å². The number of aliphatic hydroxyl groups excluding tert-OH is 1. The smallest absolute Gasteiger partial charge is 0.369 e. The Kier molecular flexibility index (Phi) is 8.01. The molecule has 1 aliphatic heterocycles. The molecule has 2 aromatic carbocycles. The molecule has 0 bridgehead atoms. The molecule has 2 N–H and O–H groups in total. The highest BCUT2D eigenvalue weighted by Gasteiger charge is 2.42. The van der Waals surface area contributed by atoms with Gasteiger partial charge in [0.1, 0.15) is 18.3 Å². The van der Waals surface area contributed by atoms with Crippen molar-refractivity contribution in [2.75, 3.05) is 13.2 Å². The highest BCUT2D eigenvalue weighted by molar-refractivity contribution is 8.16. The molecule has 1 aliphatic rings. The topological polar surface area (TPSA) is 113 Å². The van der Waals surface area contributed by atoms with Crippen LogP contribution in [-0.2, 0) is 6.61 Å². The number of allylic oxidation sites excluding steroid dienone is 3. The van der Waals surface area contributed by atoms with E-state index in [1.54, 1.807) is 55.1 Å². The Morgan fingerprint density at radius 2 is 1.85 bits per heavy atom. The molecular weight excluding hydrogens is 468 g/mol. The number of benzene rings is 2. The molecule has 174 valence electrons. The van der Waals surface area contributed by atoms with Crippen LogP contribution >= 0.6 is 23.4 Å². The van der Waals surface area contributed by atoms with Crippen molar-refractivity contribution in [3.8, 4) is 5.75 Å². The van der Waals surface area contributed by atoms with Gasteiger partial charge in [-0.15, -0.1) is 0 Å². The monoisotopic (exact) mass is 490 g/mol. The van der Waals surface area contributed by atoms with Crippen LogP contribution < -0.4 is 4.74 Å². The van der Waals surface area contributed by atoms with Crippen molar-refractivity contribution >= 4 is 28.7 Å². The maximum Gasteiger partial charge on any atom is 0.369 e. The Hall–Kier alpha value is -3.01. The number of β-amino-alcohol motifs (C(OH)–C–C–N with tert-alkyl or cyclic N) is 1. The van der Waals surface area contributed by atoms with Crippen LogP contribution in [0.1, 0.15) is 30.9 Å². The minimum atomic E-state index is -1.18. The van der Waals surface area contributed by atoms with Gasteiger partial charge in [0.2, 0.25) is 0 Å². The van der Waals surface area contributed by atoms with E-state index in [0.29, 0.717) is 44.4 Å². The number of hydrogen-bond donors (Lipinski definition) is 2. The van der Waals surface area contributed by atoms with Crippen LogP contribution in [0.3, 0.4) is 0 Å². The highest BCUT2D eigenvalue weighted by atomic mass is 35.5. The van der Waals surface area contributed by atoms with Gasteiger partial charge >= 0.3 is 5.30 Å². The first kappa shape index (κ1) is 24.6. The van der Waals surface area contributed by atoms with Crippen LogP contribution in [0.5, 0.6) is 5.75 Å². The fraction of sp³-hybridized carbons (Fsp3) is 0.261. The maximum atomic E-state index is 12.2. The van der Waals surface area contributed by atoms with Crippen LogP contribution in [0.15, 0.2) is 70.5 Å². The number of carboxylic acid groups (broad SMARTS) is 1. The lowest BCUT2D eigenvalue weighted by Crippen LogP contribution is -2.33. The number of nitrogens with zero attached hydrogens (tertiary/aromatic N) is 2. The summed E-state index contributed by atoms with van der Waals surface area (Å²) < 4.78 is 6.02. The predicted molar refractivity (Wildman–Crippen MR) is 127 cm³/mol. The van der Waals surface area contributed by atoms with Crippen molar-refractivity contribution in [2.45, 2.75) is 26.4 Å². The predicted octanol–water partition coefficient (Wildman–Crippen LogP) is 5.46. The molecule has 0 spiro atoms. The Balaban J connectivity index is 2.10. The van der Waals surface area contributed by atoms with Crippen molar-refractivity contribution in [3.05, 3.63) is 96.8 Å². The van der Waals surface area contributed by atoms with Crippen LogP contribution in [0.2, 0.25) is 5.02 Å². The summed E-state index contributed by atoms with van der Waals surface area (Å²) >= 11 is 6.46. The molecule has 2 aromatic rings. The van der Waals surface area contributed by atoms with Crippen molar-refractivity contribution in [1.29, 1.82) is 0 Å². The molecular formula is C23H23ClN2O6S. The number of carbonyl (C=O) groups is 1. The van der Waals surface area contributed by atoms with E-state index in [0.717, 1.165) is 5.56 Å². The second kappa shape index (κ2) is 10.7. The molecule has 0 amide bonds. The van der Waals surface area contributed by atoms with E-state index in [2.05, 4.69) is 0 Å². The molecule has 3 rings (SSSR count). The third-order valence-electron chi connectivity index (χ3n) is 5.33. The lowest BCUT2D eigenvalue weighted by atomic mass is 9.89. The summed E-state index contributed by atoms with van der Waals surface area (Å²) in [4.78, 5) is 25.2. The van der Waals surface area contributed by atoms with Gasteiger partial charge in [-0.05, 0) is 49.4 Å². The van der Waals surface area contributed by atoms with Crippen LogP contribution in [0.25, 0.3) is 0 Å². The second-order valence-corrected chi connectivity index (χ2v) is 8.74. The standard InChI is InChI=1S/C23H23ClN2O6S/c1-14-21(26(30)31)20(22(33-23(28)29)15(2)25(14)11-12-27)18-5-3-4-6-19(18)32-13-16-7-9-17(24)10-8-16/h3-10,20,27H,11-13H2,1-2H3,(H,28,29).